The lowest BCUT2D eigenvalue weighted by molar-refractivity contribution is 0.392. The zero-order valence-corrected chi connectivity index (χ0v) is 6.95. The van der Waals surface area contributed by atoms with E-state index in [1.807, 2.05) is 0 Å². The SMILES string of the molecule is CCOP(=S)(Cl)Cl. The second kappa shape index (κ2) is 3.26. The molecule has 0 aliphatic carbocycles. The van der Waals surface area contributed by atoms with Gasteiger partial charge in [0.15, 0.2) is 0 Å². The van der Waals surface area contributed by atoms with Gasteiger partial charge in [-0.15, -0.1) is 0 Å². The summed E-state index contributed by atoms with van der Waals surface area (Å²) in [6, 6.07) is 0. The van der Waals surface area contributed by atoms with Crippen LogP contribution in [0.25, 0.3) is 0 Å². The van der Waals surface area contributed by atoms with Gasteiger partial charge < -0.3 is 4.52 Å². The smallest absolute Gasteiger partial charge is 0.240 e. The van der Waals surface area contributed by atoms with Gasteiger partial charge in [0.1, 0.15) is 0 Å². The molecule has 0 aromatic heterocycles. The van der Waals surface area contributed by atoms with Crippen LogP contribution in [0.2, 0.25) is 0 Å². The highest BCUT2D eigenvalue weighted by atomic mass is 35.9. The van der Waals surface area contributed by atoms with E-state index >= 15 is 0 Å². The van der Waals surface area contributed by atoms with Crippen LogP contribution >= 0.6 is 27.5 Å². The molecule has 0 spiro atoms. The first-order valence-corrected chi connectivity index (χ1v) is 6.23. The highest BCUT2D eigenvalue weighted by Gasteiger charge is 2.04. The van der Waals surface area contributed by atoms with Crippen molar-refractivity contribution in [2.75, 3.05) is 6.61 Å². The maximum absolute atomic E-state index is 5.30. The quantitative estimate of drug-likeness (QED) is 0.602. The molecule has 0 amide bonds. The lowest BCUT2D eigenvalue weighted by atomic mass is 10.9. The average molecular weight is 179 g/mol. The molecule has 0 N–H and O–H groups in total. The Kier molecular flexibility index (Phi) is 3.82. The zero-order chi connectivity index (χ0) is 5.91. The van der Waals surface area contributed by atoms with E-state index in [1.54, 1.807) is 6.92 Å². The third kappa shape index (κ3) is 7.19. The molecule has 0 unspecified atom stereocenters. The Morgan fingerprint density at radius 2 is 2.14 bits per heavy atom. The van der Waals surface area contributed by atoms with Crippen LogP contribution in [0.4, 0.5) is 0 Å². The van der Waals surface area contributed by atoms with Crippen LogP contribution in [0.3, 0.4) is 0 Å². The molecule has 0 saturated carbocycles. The lowest BCUT2D eigenvalue weighted by Gasteiger charge is -2.00. The highest BCUT2D eigenvalue weighted by Crippen LogP contribution is 2.57. The Morgan fingerprint density at radius 1 is 1.71 bits per heavy atom. The summed E-state index contributed by atoms with van der Waals surface area (Å²) in [5.41, 5.74) is 0. The van der Waals surface area contributed by atoms with E-state index in [9.17, 15) is 0 Å². The fourth-order valence-electron chi connectivity index (χ4n) is 0.150. The molecule has 0 fully saturated rings. The third-order valence-electron chi connectivity index (χ3n) is 0.279. The van der Waals surface area contributed by atoms with Crippen LogP contribution < -0.4 is 0 Å². The summed E-state index contributed by atoms with van der Waals surface area (Å²) >= 11 is 15.1. The molecule has 1 nitrogen and oxygen atoms in total. The second-order valence-electron chi connectivity index (χ2n) is 0.832. The molecule has 0 saturated heterocycles. The summed E-state index contributed by atoms with van der Waals surface area (Å²) in [7, 11) is 0. The van der Waals surface area contributed by atoms with Crippen molar-refractivity contribution in [1.29, 1.82) is 0 Å². The Balaban J connectivity index is 3.36. The van der Waals surface area contributed by atoms with E-state index < -0.39 is 4.97 Å². The van der Waals surface area contributed by atoms with Crippen LogP contribution in [0.15, 0.2) is 0 Å². The van der Waals surface area contributed by atoms with Crippen LogP contribution in [0.5, 0.6) is 0 Å². The molecule has 0 aliphatic heterocycles. The van der Waals surface area contributed by atoms with Gasteiger partial charge in [0.2, 0.25) is 4.97 Å². The van der Waals surface area contributed by atoms with Gasteiger partial charge in [-0.25, -0.2) is 0 Å². The molecular weight excluding hydrogens is 174 g/mol. The molecule has 0 bridgehead atoms. The van der Waals surface area contributed by atoms with Crippen molar-refractivity contribution in [3.8, 4) is 0 Å². The van der Waals surface area contributed by atoms with E-state index in [-0.39, 0.29) is 0 Å². The topological polar surface area (TPSA) is 9.23 Å². The van der Waals surface area contributed by atoms with Gasteiger partial charge in [0, 0.05) is 0 Å². The number of rotatable bonds is 2. The Labute approximate surface area is 57.6 Å². The van der Waals surface area contributed by atoms with Crippen molar-refractivity contribution in [1.82, 2.24) is 0 Å². The first-order chi connectivity index (χ1) is 3.06. The summed E-state index contributed by atoms with van der Waals surface area (Å²) in [6.45, 7) is 2.29. The lowest BCUT2D eigenvalue weighted by Crippen LogP contribution is -1.74. The minimum absolute atomic E-state index is 0.490. The molecule has 0 heterocycles. The van der Waals surface area contributed by atoms with E-state index in [1.165, 1.54) is 0 Å². The average Bonchev–Trinajstić information content (AvgIpc) is 1.30. The van der Waals surface area contributed by atoms with Crippen molar-refractivity contribution >= 4 is 39.3 Å². The summed E-state index contributed by atoms with van der Waals surface area (Å²) < 4.78 is 4.69. The monoisotopic (exact) mass is 178 g/mol. The van der Waals surface area contributed by atoms with Crippen molar-refractivity contribution in [2.45, 2.75) is 6.92 Å². The van der Waals surface area contributed by atoms with Gasteiger partial charge in [-0.3, -0.25) is 0 Å². The maximum atomic E-state index is 5.30. The van der Waals surface area contributed by atoms with Crippen molar-refractivity contribution < 1.29 is 4.52 Å². The van der Waals surface area contributed by atoms with Gasteiger partial charge in [-0.1, -0.05) is 0 Å². The van der Waals surface area contributed by atoms with Gasteiger partial charge in [0.05, 0.1) is 6.61 Å². The van der Waals surface area contributed by atoms with E-state index in [0.717, 1.165) is 0 Å². The normalized spacial score (nSPS) is 11.9. The first kappa shape index (κ1) is 8.19. The summed E-state index contributed by atoms with van der Waals surface area (Å²) in [6.07, 6.45) is 0. The van der Waals surface area contributed by atoms with Gasteiger partial charge >= 0.3 is 0 Å². The molecule has 44 valence electrons. The van der Waals surface area contributed by atoms with Gasteiger partial charge in [-0.2, -0.15) is 0 Å². The van der Waals surface area contributed by atoms with Crippen LogP contribution in [-0.4, -0.2) is 6.61 Å². The molecule has 0 aromatic carbocycles. The van der Waals surface area contributed by atoms with Crippen molar-refractivity contribution in [3.05, 3.63) is 0 Å². The van der Waals surface area contributed by atoms with Crippen molar-refractivity contribution in [2.24, 2.45) is 0 Å². The van der Waals surface area contributed by atoms with E-state index in [2.05, 4.69) is 16.3 Å². The van der Waals surface area contributed by atoms with E-state index in [0.29, 0.717) is 6.61 Å². The number of halogens is 2. The molecule has 0 radical (unpaired) electrons. The van der Waals surface area contributed by atoms with Crippen molar-refractivity contribution in [3.63, 3.8) is 0 Å². The molecule has 7 heavy (non-hydrogen) atoms. The molecule has 0 rings (SSSR count). The van der Waals surface area contributed by atoms with Crippen LogP contribution in [0.1, 0.15) is 6.92 Å². The molecule has 0 aliphatic rings. The number of hydrogen-bond acceptors (Lipinski definition) is 2. The summed E-state index contributed by atoms with van der Waals surface area (Å²) in [5.74, 6) is 0. The van der Waals surface area contributed by atoms with Gasteiger partial charge in [0.25, 0.3) is 0 Å². The Hall–Kier alpha value is 1.19. The predicted molar refractivity (Wildman–Crippen MR) is 37.6 cm³/mol. The molecule has 0 aromatic rings. The zero-order valence-electron chi connectivity index (χ0n) is 3.73. The van der Waals surface area contributed by atoms with Gasteiger partial charge in [-0.05, 0) is 41.2 Å². The maximum Gasteiger partial charge on any atom is 0.240 e. The number of hydrogen-bond donors (Lipinski definition) is 0. The standard InChI is InChI=1S/C2H5Cl2OPS/c1-2-5-6(3,4)7/h2H2,1H3. The highest BCUT2D eigenvalue weighted by molar-refractivity contribution is 8.36. The fourth-order valence-corrected chi connectivity index (χ4v) is 1.35. The molecule has 5 heteroatoms. The predicted octanol–water partition coefficient (Wildman–Crippen LogP) is 2.73. The minimum Gasteiger partial charge on any atom is -0.327 e. The third-order valence-corrected chi connectivity index (χ3v) is 1.74. The fraction of sp³-hybridized carbons (Fsp3) is 1.00. The molecular formula is C2H5Cl2OPS. The second-order valence-corrected chi connectivity index (χ2v) is 8.04. The Morgan fingerprint density at radius 3 is 2.14 bits per heavy atom. The Bertz CT molecular complexity index is 89.7. The summed E-state index contributed by atoms with van der Waals surface area (Å²) in [4.78, 5) is -2.39. The molecule has 0 atom stereocenters. The van der Waals surface area contributed by atoms with E-state index in [4.69, 9.17) is 22.5 Å². The van der Waals surface area contributed by atoms with Crippen LogP contribution in [0, 0.1) is 0 Å². The largest absolute Gasteiger partial charge is 0.327 e. The first-order valence-electron chi connectivity index (χ1n) is 1.70. The minimum atomic E-state index is -2.39. The summed E-state index contributed by atoms with van der Waals surface area (Å²) in [5, 5.41) is 0. The van der Waals surface area contributed by atoms with Crippen LogP contribution in [-0.2, 0) is 16.3 Å².